The van der Waals surface area contributed by atoms with Gasteiger partial charge in [-0.2, -0.15) is 0 Å². The third-order valence-electron chi connectivity index (χ3n) is 1.38. The molecule has 3 heteroatoms. The summed E-state index contributed by atoms with van der Waals surface area (Å²) in [5.41, 5.74) is 0.975. The molecule has 1 aromatic carbocycles. The molecule has 0 atom stereocenters. The molecule has 0 radical (unpaired) electrons. The molecule has 0 heterocycles. The van der Waals surface area contributed by atoms with Gasteiger partial charge in [-0.15, -0.1) is 12.6 Å². The molecule has 2 nitrogen and oxygen atoms in total. The molecule has 0 bridgehead atoms. The van der Waals surface area contributed by atoms with Crippen LogP contribution in [0.3, 0.4) is 0 Å². The fourth-order valence-corrected chi connectivity index (χ4v) is 0.926. The summed E-state index contributed by atoms with van der Waals surface area (Å²) in [7, 11) is 0. The number of benzene rings is 1. The third-order valence-corrected chi connectivity index (χ3v) is 1.68. The Balaban J connectivity index is 2.53. The molecule has 0 aliphatic rings. The average molecular weight is 182 g/mol. The molecule has 0 fully saturated rings. The molecule has 64 valence electrons. The second kappa shape index (κ2) is 4.16. The summed E-state index contributed by atoms with van der Waals surface area (Å²) in [5, 5.41) is 0. The monoisotopic (exact) mass is 182 g/mol. The summed E-state index contributed by atoms with van der Waals surface area (Å²) in [6.07, 6.45) is 0. The van der Waals surface area contributed by atoms with E-state index in [1.165, 1.54) is 6.92 Å². The molecule has 0 aromatic heterocycles. The lowest BCUT2D eigenvalue weighted by molar-refractivity contribution is -0.142. The Morgan fingerprint density at radius 2 is 2.00 bits per heavy atom. The van der Waals surface area contributed by atoms with Gasteiger partial charge in [-0.25, -0.2) is 0 Å². The van der Waals surface area contributed by atoms with Gasteiger partial charge in [0.25, 0.3) is 0 Å². The van der Waals surface area contributed by atoms with Crippen molar-refractivity contribution in [3.63, 3.8) is 0 Å². The number of carbonyl (C=O) groups excluding carboxylic acids is 1. The first-order valence-electron chi connectivity index (χ1n) is 3.60. The molecule has 1 aromatic rings. The second-order valence-electron chi connectivity index (χ2n) is 2.45. The first-order valence-corrected chi connectivity index (χ1v) is 4.04. The van der Waals surface area contributed by atoms with Gasteiger partial charge >= 0.3 is 5.97 Å². The van der Waals surface area contributed by atoms with Gasteiger partial charge in [0.15, 0.2) is 0 Å². The lowest BCUT2D eigenvalue weighted by Crippen LogP contribution is -1.98. The summed E-state index contributed by atoms with van der Waals surface area (Å²) in [4.78, 5) is 11.4. The van der Waals surface area contributed by atoms with Crippen molar-refractivity contribution in [3.05, 3.63) is 29.8 Å². The Morgan fingerprint density at radius 1 is 1.42 bits per heavy atom. The first kappa shape index (κ1) is 9.13. The minimum atomic E-state index is -0.259. The van der Waals surface area contributed by atoms with Crippen molar-refractivity contribution in [1.82, 2.24) is 0 Å². The van der Waals surface area contributed by atoms with Gasteiger partial charge in [-0.05, 0) is 17.7 Å². The molecular formula is C9H10O2S. The van der Waals surface area contributed by atoms with E-state index in [4.69, 9.17) is 4.74 Å². The Morgan fingerprint density at radius 3 is 2.50 bits per heavy atom. The fourth-order valence-electron chi connectivity index (χ4n) is 0.777. The Hall–Kier alpha value is -0.960. The van der Waals surface area contributed by atoms with Gasteiger partial charge in [-0.3, -0.25) is 4.79 Å². The lowest BCUT2D eigenvalue weighted by Gasteiger charge is -2.01. The maximum Gasteiger partial charge on any atom is 0.302 e. The van der Waals surface area contributed by atoms with Crippen LogP contribution in [0.25, 0.3) is 0 Å². The molecular weight excluding hydrogens is 172 g/mol. The highest BCUT2D eigenvalue weighted by Gasteiger charge is 1.94. The predicted octanol–water partition coefficient (Wildman–Crippen LogP) is 2.04. The van der Waals surface area contributed by atoms with Crippen LogP contribution in [0, 0.1) is 0 Å². The highest BCUT2D eigenvalue weighted by atomic mass is 32.1. The Labute approximate surface area is 77.0 Å². The van der Waals surface area contributed by atoms with Crippen LogP contribution in [0.1, 0.15) is 12.5 Å². The van der Waals surface area contributed by atoms with Crippen LogP contribution in [0.4, 0.5) is 0 Å². The predicted molar refractivity (Wildman–Crippen MR) is 49.2 cm³/mol. The molecule has 0 aliphatic heterocycles. The van der Waals surface area contributed by atoms with Gasteiger partial charge < -0.3 is 4.74 Å². The summed E-state index contributed by atoms with van der Waals surface area (Å²) < 4.78 is 4.80. The smallest absolute Gasteiger partial charge is 0.302 e. The summed E-state index contributed by atoms with van der Waals surface area (Å²) in [6.45, 7) is 1.73. The molecule has 0 spiro atoms. The van der Waals surface area contributed by atoms with Gasteiger partial charge in [-0.1, -0.05) is 12.1 Å². The zero-order valence-corrected chi connectivity index (χ0v) is 7.67. The topological polar surface area (TPSA) is 26.3 Å². The average Bonchev–Trinajstić information content (AvgIpc) is 2.03. The van der Waals surface area contributed by atoms with E-state index in [0.29, 0.717) is 6.61 Å². The van der Waals surface area contributed by atoms with Crippen molar-refractivity contribution in [2.45, 2.75) is 18.4 Å². The van der Waals surface area contributed by atoms with Gasteiger partial charge in [0.05, 0.1) is 0 Å². The van der Waals surface area contributed by atoms with Crippen molar-refractivity contribution >= 4 is 18.6 Å². The second-order valence-corrected chi connectivity index (χ2v) is 2.96. The number of hydrogen-bond donors (Lipinski definition) is 1. The highest BCUT2D eigenvalue weighted by Crippen LogP contribution is 2.08. The van der Waals surface area contributed by atoms with Crippen LogP contribution in [0.2, 0.25) is 0 Å². The van der Waals surface area contributed by atoms with Crippen LogP contribution in [0.15, 0.2) is 29.2 Å². The Bertz CT molecular complexity index is 266. The van der Waals surface area contributed by atoms with E-state index < -0.39 is 0 Å². The molecule has 0 saturated heterocycles. The number of ether oxygens (including phenoxy) is 1. The van der Waals surface area contributed by atoms with Crippen molar-refractivity contribution in [2.24, 2.45) is 0 Å². The standard InChI is InChI=1S/C9H10O2S/c1-7(10)11-6-8-2-4-9(12)5-3-8/h2-5,12H,6H2,1H3. The zero-order chi connectivity index (χ0) is 8.97. The van der Waals surface area contributed by atoms with Gasteiger partial charge in [0.1, 0.15) is 6.61 Å². The van der Waals surface area contributed by atoms with Crippen LogP contribution < -0.4 is 0 Å². The number of carbonyl (C=O) groups is 1. The van der Waals surface area contributed by atoms with Gasteiger partial charge in [0.2, 0.25) is 0 Å². The first-order chi connectivity index (χ1) is 5.68. The van der Waals surface area contributed by atoms with Gasteiger partial charge in [0, 0.05) is 11.8 Å². The normalized spacial score (nSPS) is 9.50. The molecule has 0 amide bonds. The molecule has 1 rings (SSSR count). The van der Waals surface area contributed by atoms with E-state index in [9.17, 15) is 4.79 Å². The maximum atomic E-state index is 10.4. The zero-order valence-electron chi connectivity index (χ0n) is 6.78. The van der Waals surface area contributed by atoms with E-state index in [1.807, 2.05) is 24.3 Å². The molecule has 0 N–H and O–H groups in total. The number of thiol groups is 1. The van der Waals surface area contributed by atoms with E-state index >= 15 is 0 Å². The van der Waals surface area contributed by atoms with E-state index in [1.54, 1.807) is 0 Å². The Kier molecular flexibility index (Phi) is 3.17. The number of esters is 1. The van der Waals surface area contributed by atoms with Crippen molar-refractivity contribution in [1.29, 1.82) is 0 Å². The van der Waals surface area contributed by atoms with Crippen LogP contribution >= 0.6 is 12.6 Å². The van der Waals surface area contributed by atoms with Crippen molar-refractivity contribution in [2.75, 3.05) is 0 Å². The minimum absolute atomic E-state index is 0.259. The molecule has 0 unspecified atom stereocenters. The summed E-state index contributed by atoms with van der Waals surface area (Å²) >= 11 is 4.13. The van der Waals surface area contributed by atoms with Crippen molar-refractivity contribution < 1.29 is 9.53 Å². The van der Waals surface area contributed by atoms with E-state index in [0.717, 1.165) is 10.5 Å². The summed E-state index contributed by atoms with van der Waals surface area (Å²) in [6, 6.07) is 7.49. The fraction of sp³-hybridized carbons (Fsp3) is 0.222. The number of rotatable bonds is 2. The largest absolute Gasteiger partial charge is 0.461 e. The van der Waals surface area contributed by atoms with Crippen LogP contribution in [-0.4, -0.2) is 5.97 Å². The third kappa shape index (κ3) is 2.96. The number of hydrogen-bond acceptors (Lipinski definition) is 3. The van der Waals surface area contributed by atoms with E-state index in [-0.39, 0.29) is 5.97 Å². The quantitative estimate of drug-likeness (QED) is 0.559. The van der Waals surface area contributed by atoms with Crippen molar-refractivity contribution in [3.8, 4) is 0 Å². The molecule has 12 heavy (non-hydrogen) atoms. The maximum absolute atomic E-state index is 10.4. The summed E-state index contributed by atoms with van der Waals surface area (Å²) in [5.74, 6) is -0.259. The molecule has 0 saturated carbocycles. The minimum Gasteiger partial charge on any atom is -0.461 e. The molecule has 0 aliphatic carbocycles. The highest BCUT2D eigenvalue weighted by molar-refractivity contribution is 7.80. The lowest BCUT2D eigenvalue weighted by atomic mass is 10.2. The van der Waals surface area contributed by atoms with E-state index in [2.05, 4.69) is 12.6 Å². The van der Waals surface area contributed by atoms with Crippen LogP contribution in [0.5, 0.6) is 0 Å². The SMILES string of the molecule is CC(=O)OCc1ccc(S)cc1. The van der Waals surface area contributed by atoms with Crippen LogP contribution in [-0.2, 0) is 16.1 Å².